The number of aromatic nitrogens is 1. The molecule has 3 rings (SSSR count). The average molecular weight is 397 g/mol. The molecule has 2 N–H and O–H groups in total. The van der Waals surface area contributed by atoms with E-state index in [1.54, 1.807) is 24.3 Å². The molecule has 0 unspecified atom stereocenters. The normalized spacial score (nSPS) is 10.7. The first-order chi connectivity index (χ1) is 13.4. The number of ether oxygens (including phenoxy) is 1. The molecule has 6 heteroatoms. The predicted octanol–water partition coefficient (Wildman–Crippen LogP) is 4.17. The van der Waals surface area contributed by atoms with Gasteiger partial charge in [0.1, 0.15) is 5.75 Å². The van der Waals surface area contributed by atoms with E-state index < -0.39 is 5.91 Å². The SMILES string of the molecule is Cc1cc(C(=O)COc2ccccc2C(N)=O)c(C)n1Cc1ccccc1Cl. The number of Topliss-reactive ketones (excluding diaryl/α,β-unsaturated/α-hetero) is 1. The van der Waals surface area contributed by atoms with Crippen LogP contribution in [0.3, 0.4) is 0 Å². The molecule has 0 bridgehead atoms. The van der Waals surface area contributed by atoms with Crippen molar-refractivity contribution in [2.24, 2.45) is 5.73 Å². The summed E-state index contributed by atoms with van der Waals surface area (Å²) in [6, 6.07) is 16.1. The average Bonchev–Trinajstić information content (AvgIpc) is 2.96. The van der Waals surface area contributed by atoms with E-state index in [2.05, 4.69) is 0 Å². The fraction of sp³-hybridized carbons (Fsp3) is 0.182. The molecule has 3 aromatic rings. The second-order valence-corrected chi connectivity index (χ2v) is 6.94. The Balaban J connectivity index is 1.78. The van der Waals surface area contributed by atoms with E-state index in [0.29, 0.717) is 22.9 Å². The summed E-state index contributed by atoms with van der Waals surface area (Å²) >= 11 is 6.27. The summed E-state index contributed by atoms with van der Waals surface area (Å²) in [6.07, 6.45) is 0. The van der Waals surface area contributed by atoms with Crippen LogP contribution in [-0.4, -0.2) is 22.9 Å². The number of primary amides is 1. The molecule has 5 nitrogen and oxygen atoms in total. The van der Waals surface area contributed by atoms with E-state index in [1.165, 1.54) is 0 Å². The molecule has 0 spiro atoms. The van der Waals surface area contributed by atoms with Gasteiger partial charge in [-0.3, -0.25) is 9.59 Å². The lowest BCUT2D eigenvalue weighted by Crippen LogP contribution is -2.17. The standard InChI is InChI=1S/C22H21ClN2O3/c1-14-11-18(15(2)25(14)12-16-7-3-5-9-19(16)23)20(26)13-28-21-10-6-4-8-17(21)22(24)27/h3-11H,12-13H2,1-2H3,(H2,24,27). The Bertz CT molecular complexity index is 1040. The topological polar surface area (TPSA) is 74.3 Å². The highest BCUT2D eigenvalue weighted by molar-refractivity contribution is 6.31. The van der Waals surface area contributed by atoms with E-state index in [-0.39, 0.29) is 18.0 Å². The minimum absolute atomic E-state index is 0.169. The number of aryl methyl sites for hydroxylation is 1. The maximum absolute atomic E-state index is 12.7. The van der Waals surface area contributed by atoms with Crippen LogP contribution in [0.4, 0.5) is 0 Å². The summed E-state index contributed by atoms with van der Waals surface area (Å²) in [7, 11) is 0. The van der Waals surface area contributed by atoms with Crippen molar-refractivity contribution < 1.29 is 14.3 Å². The van der Waals surface area contributed by atoms with Gasteiger partial charge in [0.15, 0.2) is 6.61 Å². The summed E-state index contributed by atoms with van der Waals surface area (Å²) in [6.45, 7) is 4.25. The molecule has 1 aromatic heterocycles. The number of nitrogens with zero attached hydrogens (tertiary/aromatic N) is 1. The lowest BCUT2D eigenvalue weighted by Gasteiger charge is -2.12. The van der Waals surface area contributed by atoms with Crippen LogP contribution in [0.2, 0.25) is 5.02 Å². The first-order valence-corrected chi connectivity index (χ1v) is 9.21. The lowest BCUT2D eigenvalue weighted by atomic mass is 10.1. The van der Waals surface area contributed by atoms with Crippen molar-refractivity contribution in [1.82, 2.24) is 4.57 Å². The molecule has 0 aliphatic carbocycles. The zero-order valence-electron chi connectivity index (χ0n) is 15.7. The van der Waals surface area contributed by atoms with Crippen molar-refractivity contribution in [3.8, 4) is 5.75 Å². The van der Waals surface area contributed by atoms with Gasteiger partial charge in [-0.15, -0.1) is 0 Å². The van der Waals surface area contributed by atoms with Crippen molar-refractivity contribution in [2.45, 2.75) is 20.4 Å². The first-order valence-electron chi connectivity index (χ1n) is 8.83. The maximum Gasteiger partial charge on any atom is 0.252 e. The number of rotatable bonds is 7. The second-order valence-electron chi connectivity index (χ2n) is 6.53. The van der Waals surface area contributed by atoms with E-state index >= 15 is 0 Å². The van der Waals surface area contributed by atoms with Crippen LogP contribution in [-0.2, 0) is 6.54 Å². The zero-order chi connectivity index (χ0) is 20.3. The van der Waals surface area contributed by atoms with Gasteiger partial charge in [0.05, 0.1) is 5.56 Å². The number of halogens is 1. The molecule has 2 aromatic carbocycles. The number of para-hydroxylation sites is 1. The van der Waals surface area contributed by atoms with Gasteiger partial charge in [0, 0.05) is 28.5 Å². The number of carbonyl (C=O) groups is 2. The Morgan fingerprint density at radius 2 is 1.71 bits per heavy atom. The van der Waals surface area contributed by atoms with Gasteiger partial charge in [0.25, 0.3) is 5.91 Å². The largest absolute Gasteiger partial charge is 0.485 e. The summed E-state index contributed by atoms with van der Waals surface area (Å²) in [4.78, 5) is 24.2. The molecule has 0 saturated heterocycles. The molecule has 1 heterocycles. The van der Waals surface area contributed by atoms with Gasteiger partial charge in [-0.05, 0) is 43.7 Å². The predicted molar refractivity (Wildman–Crippen MR) is 109 cm³/mol. The van der Waals surface area contributed by atoms with Gasteiger partial charge >= 0.3 is 0 Å². The monoisotopic (exact) mass is 396 g/mol. The van der Waals surface area contributed by atoms with Gasteiger partial charge in [-0.2, -0.15) is 0 Å². The Hall–Kier alpha value is -3.05. The highest BCUT2D eigenvalue weighted by Gasteiger charge is 2.18. The van der Waals surface area contributed by atoms with Crippen LogP contribution >= 0.6 is 11.6 Å². The minimum Gasteiger partial charge on any atom is -0.485 e. The van der Waals surface area contributed by atoms with Crippen LogP contribution in [0, 0.1) is 13.8 Å². The zero-order valence-corrected chi connectivity index (χ0v) is 16.5. The van der Waals surface area contributed by atoms with E-state index in [9.17, 15) is 9.59 Å². The summed E-state index contributed by atoms with van der Waals surface area (Å²) < 4.78 is 7.62. The van der Waals surface area contributed by atoms with Crippen LogP contribution in [0.1, 0.15) is 37.7 Å². The summed E-state index contributed by atoms with van der Waals surface area (Å²) in [5.41, 5.74) is 8.96. The summed E-state index contributed by atoms with van der Waals surface area (Å²) in [5, 5.41) is 0.689. The maximum atomic E-state index is 12.7. The number of carbonyl (C=O) groups excluding carboxylic acids is 2. The highest BCUT2D eigenvalue weighted by atomic mass is 35.5. The third kappa shape index (κ3) is 4.10. The lowest BCUT2D eigenvalue weighted by molar-refractivity contribution is 0.0911. The van der Waals surface area contributed by atoms with E-state index in [4.69, 9.17) is 22.1 Å². The quantitative estimate of drug-likeness (QED) is 0.609. The number of ketones is 1. The van der Waals surface area contributed by atoms with Gasteiger partial charge in [0.2, 0.25) is 5.78 Å². The van der Waals surface area contributed by atoms with E-state index in [1.807, 2.05) is 48.7 Å². The van der Waals surface area contributed by atoms with Crippen LogP contribution in [0.25, 0.3) is 0 Å². The summed E-state index contributed by atoms with van der Waals surface area (Å²) in [5.74, 6) is -0.466. The van der Waals surface area contributed by atoms with E-state index in [0.717, 1.165) is 17.0 Å². The number of amides is 1. The molecular formula is C22H21ClN2O3. The molecule has 144 valence electrons. The molecular weight excluding hydrogens is 376 g/mol. The molecule has 0 saturated carbocycles. The Labute approximate surface area is 168 Å². The molecule has 1 amide bonds. The van der Waals surface area contributed by atoms with Gasteiger partial charge in [-0.1, -0.05) is 41.9 Å². The Morgan fingerprint density at radius 1 is 1.04 bits per heavy atom. The number of benzene rings is 2. The molecule has 0 aliphatic rings. The molecule has 0 fully saturated rings. The Kier molecular flexibility index (Phi) is 5.85. The molecule has 0 atom stereocenters. The first kappa shape index (κ1) is 19.7. The Morgan fingerprint density at radius 3 is 2.43 bits per heavy atom. The van der Waals surface area contributed by atoms with Crippen molar-refractivity contribution in [2.75, 3.05) is 6.61 Å². The van der Waals surface area contributed by atoms with Gasteiger partial charge in [-0.25, -0.2) is 0 Å². The van der Waals surface area contributed by atoms with Gasteiger partial charge < -0.3 is 15.0 Å². The third-order valence-corrected chi connectivity index (χ3v) is 5.04. The molecule has 28 heavy (non-hydrogen) atoms. The van der Waals surface area contributed by atoms with Crippen molar-refractivity contribution in [1.29, 1.82) is 0 Å². The smallest absolute Gasteiger partial charge is 0.252 e. The third-order valence-electron chi connectivity index (χ3n) is 4.67. The number of hydrogen-bond acceptors (Lipinski definition) is 3. The van der Waals surface area contributed by atoms with Crippen molar-refractivity contribution in [3.63, 3.8) is 0 Å². The van der Waals surface area contributed by atoms with Crippen molar-refractivity contribution in [3.05, 3.63) is 87.7 Å². The second kappa shape index (κ2) is 8.31. The van der Waals surface area contributed by atoms with Crippen LogP contribution in [0.5, 0.6) is 5.75 Å². The van der Waals surface area contributed by atoms with Crippen molar-refractivity contribution >= 4 is 23.3 Å². The minimum atomic E-state index is -0.596. The fourth-order valence-corrected chi connectivity index (χ4v) is 3.34. The number of hydrogen-bond donors (Lipinski definition) is 1. The number of nitrogens with two attached hydrogens (primary N) is 1. The van der Waals surface area contributed by atoms with Crippen LogP contribution in [0.15, 0.2) is 54.6 Å². The van der Waals surface area contributed by atoms with Crippen LogP contribution < -0.4 is 10.5 Å². The molecule has 0 aliphatic heterocycles. The molecule has 0 radical (unpaired) electrons. The highest BCUT2D eigenvalue weighted by Crippen LogP contribution is 2.22. The fourth-order valence-electron chi connectivity index (χ4n) is 3.14.